The van der Waals surface area contributed by atoms with Gasteiger partial charge in [0.2, 0.25) is 11.8 Å². The first-order valence-corrected chi connectivity index (χ1v) is 13.3. The molecule has 200 valence electrons. The normalized spacial score (nSPS) is 21.3. The zero-order valence-corrected chi connectivity index (χ0v) is 22.4. The quantitative estimate of drug-likeness (QED) is 0.528. The largest absolute Gasteiger partial charge is 0.496 e. The number of ether oxygens (including phenoxy) is 1. The summed E-state index contributed by atoms with van der Waals surface area (Å²) in [5, 5.41) is 16.5. The molecular weight excluding hydrogens is 468 g/mol. The third-order valence-corrected chi connectivity index (χ3v) is 7.44. The molecule has 0 bridgehead atoms. The summed E-state index contributed by atoms with van der Waals surface area (Å²) < 4.78 is 5.62. The zero-order valence-electron chi connectivity index (χ0n) is 22.4. The highest BCUT2D eigenvalue weighted by atomic mass is 16.5. The van der Waals surface area contributed by atoms with Crippen LogP contribution in [0.3, 0.4) is 0 Å². The summed E-state index contributed by atoms with van der Waals surface area (Å²) in [4.78, 5) is 34.0. The minimum absolute atomic E-state index is 0.0607. The Labute approximate surface area is 219 Å². The third kappa shape index (κ3) is 6.30. The van der Waals surface area contributed by atoms with Crippen LogP contribution in [0, 0.1) is 0 Å². The smallest absolute Gasteiger partial charge is 0.248 e. The van der Waals surface area contributed by atoms with Crippen molar-refractivity contribution >= 4 is 17.5 Å². The molecule has 2 amide bonds. The van der Waals surface area contributed by atoms with E-state index in [-0.39, 0.29) is 29.7 Å². The molecule has 1 aromatic heterocycles. The van der Waals surface area contributed by atoms with Gasteiger partial charge < -0.3 is 20.5 Å². The summed E-state index contributed by atoms with van der Waals surface area (Å²) in [6.45, 7) is 6.74. The fourth-order valence-corrected chi connectivity index (χ4v) is 5.31. The summed E-state index contributed by atoms with van der Waals surface area (Å²) in [6, 6.07) is 7.98. The number of nitrogens with zero attached hydrogens (tertiary/aromatic N) is 2. The molecule has 37 heavy (non-hydrogen) atoms. The van der Waals surface area contributed by atoms with Crippen molar-refractivity contribution in [2.24, 2.45) is 0 Å². The molecule has 0 radical (unpaired) electrons. The molecular formula is C29H40N4O4. The van der Waals surface area contributed by atoms with E-state index in [1.807, 2.05) is 24.3 Å². The van der Waals surface area contributed by atoms with Crippen LogP contribution in [0.2, 0.25) is 0 Å². The molecule has 1 unspecified atom stereocenters. The standard InChI is InChI=1S/C29H40N4O4/c1-29(2,3)19-10-12-21(13-11-19)33(28(36)24-16-22(34)17-31-24)26(23-18-30-15-14-25(23)37-4)27(35)32-20-8-6-5-7-9-20/h10-15,18,20,22,24,26,31,34H,5-9,16-17H2,1-4H3,(H,32,35)/t22-,24-,26?/m1/s1. The van der Waals surface area contributed by atoms with Crippen LogP contribution in [-0.4, -0.2) is 53.7 Å². The molecule has 2 aromatic rings. The number of amides is 2. The number of rotatable bonds is 7. The highest BCUT2D eigenvalue weighted by Gasteiger charge is 2.40. The van der Waals surface area contributed by atoms with Gasteiger partial charge in [-0.25, -0.2) is 0 Å². The third-order valence-electron chi connectivity index (χ3n) is 7.44. The second-order valence-corrected chi connectivity index (χ2v) is 11.2. The van der Waals surface area contributed by atoms with Gasteiger partial charge in [0, 0.05) is 36.2 Å². The molecule has 8 nitrogen and oxygen atoms in total. The lowest BCUT2D eigenvalue weighted by Crippen LogP contribution is -2.51. The van der Waals surface area contributed by atoms with Gasteiger partial charge in [-0.1, -0.05) is 52.2 Å². The molecule has 3 N–H and O–H groups in total. The van der Waals surface area contributed by atoms with Crippen molar-refractivity contribution in [2.75, 3.05) is 18.6 Å². The lowest BCUT2D eigenvalue weighted by molar-refractivity contribution is -0.128. The van der Waals surface area contributed by atoms with Gasteiger partial charge in [0.25, 0.3) is 0 Å². The van der Waals surface area contributed by atoms with Crippen LogP contribution in [0.15, 0.2) is 42.7 Å². The van der Waals surface area contributed by atoms with Gasteiger partial charge >= 0.3 is 0 Å². The predicted molar refractivity (Wildman–Crippen MR) is 144 cm³/mol. The Balaban J connectivity index is 1.80. The van der Waals surface area contributed by atoms with Crippen molar-refractivity contribution in [3.05, 3.63) is 53.9 Å². The second kappa shape index (κ2) is 11.6. The topological polar surface area (TPSA) is 104 Å². The van der Waals surface area contributed by atoms with Crippen molar-refractivity contribution < 1.29 is 19.4 Å². The van der Waals surface area contributed by atoms with E-state index < -0.39 is 18.2 Å². The molecule has 2 fully saturated rings. The lowest BCUT2D eigenvalue weighted by Gasteiger charge is -2.35. The Morgan fingerprint density at radius 1 is 1.14 bits per heavy atom. The van der Waals surface area contributed by atoms with Crippen molar-refractivity contribution in [2.45, 2.75) is 88.9 Å². The van der Waals surface area contributed by atoms with Crippen LogP contribution < -0.4 is 20.3 Å². The molecule has 1 aliphatic carbocycles. The number of carbonyl (C=O) groups excluding carboxylic acids is 2. The van der Waals surface area contributed by atoms with E-state index in [2.05, 4.69) is 36.4 Å². The molecule has 1 saturated carbocycles. The van der Waals surface area contributed by atoms with Crippen LogP contribution in [0.1, 0.15) is 76.5 Å². The monoisotopic (exact) mass is 508 g/mol. The highest BCUT2D eigenvalue weighted by Crippen LogP contribution is 2.35. The summed E-state index contributed by atoms with van der Waals surface area (Å²) in [5.41, 5.74) is 2.19. The number of β-amino-alcohol motifs (C(OH)–C–C–N with tert-alkyl or cyclic N) is 1. The van der Waals surface area contributed by atoms with Crippen LogP contribution in [0.25, 0.3) is 0 Å². The van der Waals surface area contributed by atoms with Crippen molar-refractivity contribution in [1.82, 2.24) is 15.6 Å². The molecule has 3 atom stereocenters. The summed E-state index contributed by atoms with van der Waals surface area (Å²) >= 11 is 0. The maximum Gasteiger partial charge on any atom is 0.248 e. The number of aliphatic hydroxyl groups excluding tert-OH is 1. The number of methoxy groups -OCH3 is 1. The summed E-state index contributed by atoms with van der Waals surface area (Å²) in [5.74, 6) is -0.0397. The van der Waals surface area contributed by atoms with Gasteiger partial charge in [-0.2, -0.15) is 0 Å². The zero-order chi connectivity index (χ0) is 26.6. The molecule has 2 aliphatic rings. The molecule has 1 aliphatic heterocycles. The van der Waals surface area contributed by atoms with Crippen LogP contribution in [-0.2, 0) is 15.0 Å². The lowest BCUT2D eigenvalue weighted by atomic mass is 9.87. The average Bonchev–Trinajstić information content (AvgIpc) is 3.33. The Bertz CT molecular complexity index is 1080. The predicted octanol–water partition coefficient (Wildman–Crippen LogP) is 3.63. The van der Waals surface area contributed by atoms with Crippen molar-refractivity contribution in [3.63, 3.8) is 0 Å². The first-order valence-electron chi connectivity index (χ1n) is 13.3. The number of benzene rings is 1. The number of aromatic nitrogens is 1. The maximum absolute atomic E-state index is 14.1. The number of anilines is 1. The van der Waals surface area contributed by atoms with E-state index in [4.69, 9.17) is 4.74 Å². The Kier molecular flexibility index (Phi) is 8.49. The minimum atomic E-state index is -0.988. The fourth-order valence-electron chi connectivity index (χ4n) is 5.31. The SMILES string of the molecule is COc1ccncc1C(C(=O)NC1CCCCC1)N(C(=O)[C@H]1C[C@@H](O)CN1)c1ccc(C(C)(C)C)cc1. The minimum Gasteiger partial charge on any atom is -0.496 e. The number of hydrogen-bond acceptors (Lipinski definition) is 6. The van der Waals surface area contributed by atoms with Gasteiger partial charge in [0.05, 0.1) is 19.3 Å². The molecule has 4 rings (SSSR count). The molecule has 2 heterocycles. The first-order chi connectivity index (χ1) is 17.7. The van der Waals surface area contributed by atoms with E-state index in [0.29, 0.717) is 23.5 Å². The van der Waals surface area contributed by atoms with E-state index in [1.165, 1.54) is 6.42 Å². The first kappa shape index (κ1) is 27.1. The van der Waals surface area contributed by atoms with Crippen LogP contribution >= 0.6 is 0 Å². The average molecular weight is 509 g/mol. The Morgan fingerprint density at radius 3 is 2.43 bits per heavy atom. The van der Waals surface area contributed by atoms with Gasteiger partial charge in [0.15, 0.2) is 0 Å². The summed E-state index contributed by atoms with van der Waals surface area (Å²) in [6.07, 6.45) is 8.06. The maximum atomic E-state index is 14.1. The van der Waals surface area contributed by atoms with E-state index in [1.54, 1.807) is 30.5 Å². The number of aliphatic hydroxyl groups is 1. The van der Waals surface area contributed by atoms with Gasteiger partial charge in [0.1, 0.15) is 11.8 Å². The molecule has 8 heteroatoms. The number of nitrogens with one attached hydrogen (secondary N) is 2. The molecule has 0 spiro atoms. The fraction of sp³-hybridized carbons (Fsp3) is 0.552. The van der Waals surface area contributed by atoms with E-state index >= 15 is 0 Å². The van der Waals surface area contributed by atoms with Gasteiger partial charge in [-0.15, -0.1) is 0 Å². The van der Waals surface area contributed by atoms with E-state index in [9.17, 15) is 14.7 Å². The summed E-state index contributed by atoms with van der Waals surface area (Å²) in [7, 11) is 1.55. The molecule has 1 saturated heterocycles. The van der Waals surface area contributed by atoms with Crippen LogP contribution in [0.5, 0.6) is 5.75 Å². The Hall–Kier alpha value is -2.97. The highest BCUT2D eigenvalue weighted by molar-refractivity contribution is 6.04. The van der Waals surface area contributed by atoms with Gasteiger partial charge in [-0.3, -0.25) is 19.5 Å². The number of pyridine rings is 1. The van der Waals surface area contributed by atoms with Crippen molar-refractivity contribution in [1.29, 1.82) is 0 Å². The number of carbonyl (C=O) groups is 2. The van der Waals surface area contributed by atoms with Crippen molar-refractivity contribution in [3.8, 4) is 5.75 Å². The second-order valence-electron chi connectivity index (χ2n) is 11.2. The van der Waals surface area contributed by atoms with E-state index in [0.717, 1.165) is 31.2 Å². The molecule has 1 aromatic carbocycles. The number of hydrogen-bond donors (Lipinski definition) is 3. The van der Waals surface area contributed by atoms with Gasteiger partial charge in [-0.05, 0) is 48.4 Å². The van der Waals surface area contributed by atoms with Crippen LogP contribution in [0.4, 0.5) is 5.69 Å². The Morgan fingerprint density at radius 2 is 1.84 bits per heavy atom.